The highest BCUT2D eigenvalue weighted by atomic mass is 32.2. The molecule has 0 bridgehead atoms. The lowest BCUT2D eigenvalue weighted by atomic mass is 10.2. The number of aryl methyl sites for hydroxylation is 1. The molecule has 1 aromatic rings. The fourth-order valence-corrected chi connectivity index (χ4v) is 3.06. The van der Waals surface area contributed by atoms with Crippen molar-refractivity contribution in [3.8, 4) is 0 Å². The van der Waals surface area contributed by atoms with Crippen molar-refractivity contribution >= 4 is 23.4 Å². The van der Waals surface area contributed by atoms with Gasteiger partial charge in [0, 0.05) is 30.2 Å². The summed E-state index contributed by atoms with van der Waals surface area (Å²) in [5.41, 5.74) is 7.84. The number of hydrogen-bond acceptors (Lipinski definition) is 4. The van der Waals surface area contributed by atoms with Crippen LogP contribution in [0.4, 0.5) is 5.69 Å². The molecule has 0 aromatic heterocycles. The Morgan fingerprint density at radius 1 is 1.42 bits per heavy atom. The van der Waals surface area contributed by atoms with E-state index in [-0.39, 0.29) is 5.91 Å². The van der Waals surface area contributed by atoms with E-state index in [1.165, 1.54) is 17.3 Å². The number of rotatable bonds is 3. The van der Waals surface area contributed by atoms with Crippen LogP contribution in [0.2, 0.25) is 0 Å². The van der Waals surface area contributed by atoms with Gasteiger partial charge < -0.3 is 16.0 Å². The zero-order valence-electron chi connectivity index (χ0n) is 11.3. The highest BCUT2D eigenvalue weighted by Crippen LogP contribution is 2.26. The Bertz CT molecular complexity index is 442. The highest BCUT2D eigenvalue weighted by Gasteiger charge is 2.15. The minimum atomic E-state index is 0.203. The Morgan fingerprint density at radius 3 is 3.11 bits per heavy atom. The van der Waals surface area contributed by atoms with Crippen LogP contribution in [0.3, 0.4) is 0 Å². The number of hydrogen-bond donors (Lipinski definition) is 2. The first kappa shape index (κ1) is 14.2. The van der Waals surface area contributed by atoms with Crippen molar-refractivity contribution in [1.82, 2.24) is 10.2 Å². The number of nitrogens with one attached hydrogen (secondary N) is 1. The largest absolute Gasteiger partial charge is 0.398 e. The first-order valence-electron chi connectivity index (χ1n) is 6.64. The van der Waals surface area contributed by atoms with Crippen LogP contribution in [0.25, 0.3) is 0 Å². The highest BCUT2D eigenvalue weighted by molar-refractivity contribution is 8.00. The Hall–Kier alpha value is -1.20. The summed E-state index contributed by atoms with van der Waals surface area (Å²) in [6.07, 6.45) is 1.03. The molecule has 4 nitrogen and oxygen atoms in total. The Balaban J connectivity index is 1.90. The van der Waals surface area contributed by atoms with Crippen molar-refractivity contribution in [2.24, 2.45) is 0 Å². The van der Waals surface area contributed by atoms with Crippen LogP contribution in [0.5, 0.6) is 0 Å². The second-order valence-corrected chi connectivity index (χ2v) is 5.83. The lowest BCUT2D eigenvalue weighted by Gasteiger charge is -2.19. The molecule has 2 rings (SSSR count). The first-order chi connectivity index (χ1) is 9.16. The summed E-state index contributed by atoms with van der Waals surface area (Å²) >= 11 is 1.53. The maximum Gasteiger partial charge on any atom is 0.232 e. The van der Waals surface area contributed by atoms with E-state index in [1.807, 2.05) is 30.0 Å². The van der Waals surface area contributed by atoms with Crippen molar-refractivity contribution < 1.29 is 4.79 Å². The minimum absolute atomic E-state index is 0.203. The van der Waals surface area contributed by atoms with Gasteiger partial charge in [-0.2, -0.15) is 0 Å². The average Bonchev–Trinajstić information content (AvgIpc) is 2.68. The molecule has 0 unspecified atom stereocenters. The molecule has 1 amide bonds. The van der Waals surface area contributed by atoms with Crippen molar-refractivity contribution in [2.75, 3.05) is 37.7 Å². The summed E-state index contributed by atoms with van der Waals surface area (Å²) in [5.74, 6) is 0.669. The van der Waals surface area contributed by atoms with Gasteiger partial charge in [0.15, 0.2) is 0 Å². The number of carbonyl (C=O) groups excluding carboxylic acids is 1. The Labute approximate surface area is 118 Å². The minimum Gasteiger partial charge on any atom is -0.398 e. The second kappa shape index (κ2) is 6.82. The molecule has 104 valence electrons. The molecule has 0 aliphatic carbocycles. The molecule has 1 fully saturated rings. The average molecular weight is 279 g/mol. The summed E-state index contributed by atoms with van der Waals surface area (Å²) in [6, 6.07) is 5.93. The molecule has 3 N–H and O–H groups in total. The lowest BCUT2D eigenvalue weighted by Crippen LogP contribution is -2.35. The second-order valence-electron chi connectivity index (χ2n) is 4.81. The smallest absolute Gasteiger partial charge is 0.232 e. The van der Waals surface area contributed by atoms with Gasteiger partial charge in [-0.1, -0.05) is 6.07 Å². The van der Waals surface area contributed by atoms with Gasteiger partial charge in [-0.25, -0.2) is 0 Å². The predicted octanol–water partition coefficient (Wildman–Crippen LogP) is 1.49. The number of nitrogens with zero attached hydrogens (tertiary/aromatic N) is 1. The van der Waals surface area contributed by atoms with E-state index in [1.54, 1.807) is 0 Å². The third-order valence-corrected chi connectivity index (χ3v) is 4.27. The molecule has 0 radical (unpaired) electrons. The molecule has 1 saturated heterocycles. The third-order valence-electron chi connectivity index (χ3n) is 3.21. The summed E-state index contributed by atoms with van der Waals surface area (Å²) in [4.78, 5) is 15.1. The number of benzene rings is 1. The van der Waals surface area contributed by atoms with Crippen LogP contribution in [0.15, 0.2) is 23.1 Å². The normalized spacial score (nSPS) is 16.2. The number of carbonyl (C=O) groups is 1. The number of nitrogen functional groups attached to an aromatic ring is 1. The van der Waals surface area contributed by atoms with Crippen LogP contribution in [0, 0.1) is 6.92 Å². The van der Waals surface area contributed by atoms with Crippen LogP contribution in [-0.4, -0.2) is 42.7 Å². The fraction of sp³-hybridized carbons (Fsp3) is 0.500. The summed E-state index contributed by atoms with van der Waals surface area (Å²) in [7, 11) is 0. The maximum absolute atomic E-state index is 12.2. The van der Waals surface area contributed by atoms with Gasteiger partial charge in [-0.05, 0) is 37.6 Å². The first-order valence-corrected chi connectivity index (χ1v) is 7.63. The monoisotopic (exact) mass is 279 g/mol. The molecule has 19 heavy (non-hydrogen) atoms. The number of amides is 1. The molecule has 0 atom stereocenters. The van der Waals surface area contributed by atoms with E-state index in [4.69, 9.17) is 5.73 Å². The summed E-state index contributed by atoms with van der Waals surface area (Å²) < 4.78 is 0. The molecular formula is C14H21N3OS. The standard InChI is InChI=1S/C14H21N3OS/c1-11-3-4-12(15)13(9-11)19-10-14(18)17-7-2-5-16-6-8-17/h3-4,9,16H,2,5-8,10,15H2,1H3. The summed E-state index contributed by atoms with van der Waals surface area (Å²) in [6.45, 7) is 5.59. The van der Waals surface area contributed by atoms with Crippen molar-refractivity contribution in [1.29, 1.82) is 0 Å². The Morgan fingerprint density at radius 2 is 2.26 bits per heavy atom. The summed E-state index contributed by atoms with van der Waals surface area (Å²) in [5, 5.41) is 3.30. The van der Waals surface area contributed by atoms with E-state index in [2.05, 4.69) is 5.32 Å². The zero-order chi connectivity index (χ0) is 13.7. The van der Waals surface area contributed by atoms with E-state index >= 15 is 0 Å². The molecule has 0 saturated carbocycles. The van der Waals surface area contributed by atoms with Crippen molar-refractivity contribution in [3.05, 3.63) is 23.8 Å². The van der Waals surface area contributed by atoms with E-state index in [0.717, 1.165) is 43.2 Å². The zero-order valence-corrected chi connectivity index (χ0v) is 12.1. The molecule has 1 aromatic carbocycles. The fourth-order valence-electron chi connectivity index (χ4n) is 2.09. The third kappa shape index (κ3) is 4.14. The van der Waals surface area contributed by atoms with Gasteiger partial charge in [0.2, 0.25) is 5.91 Å². The topological polar surface area (TPSA) is 58.4 Å². The quantitative estimate of drug-likeness (QED) is 0.650. The van der Waals surface area contributed by atoms with Gasteiger partial charge in [-0.3, -0.25) is 4.79 Å². The molecule has 0 spiro atoms. The van der Waals surface area contributed by atoms with Crippen LogP contribution in [-0.2, 0) is 4.79 Å². The van der Waals surface area contributed by atoms with Crippen molar-refractivity contribution in [3.63, 3.8) is 0 Å². The maximum atomic E-state index is 12.2. The van der Waals surface area contributed by atoms with Gasteiger partial charge in [0.1, 0.15) is 0 Å². The SMILES string of the molecule is Cc1ccc(N)c(SCC(=O)N2CCCNCC2)c1. The van der Waals surface area contributed by atoms with Gasteiger partial charge in [0.05, 0.1) is 5.75 Å². The number of thioether (sulfide) groups is 1. The van der Waals surface area contributed by atoms with Gasteiger partial charge in [-0.15, -0.1) is 11.8 Å². The van der Waals surface area contributed by atoms with Gasteiger partial charge in [0.25, 0.3) is 0 Å². The van der Waals surface area contributed by atoms with E-state index in [0.29, 0.717) is 5.75 Å². The molecule has 1 aliphatic rings. The molecule has 5 heteroatoms. The van der Waals surface area contributed by atoms with Crippen LogP contribution in [0.1, 0.15) is 12.0 Å². The van der Waals surface area contributed by atoms with Crippen molar-refractivity contribution in [2.45, 2.75) is 18.2 Å². The predicted molar refractivity (Wildman–Crippen MR) is 80.4 cm³/mol. The number of nitrogens with two attached hydrogens (primary N) is 1. The Kier molecular flexibility index (Phi) is 5.10. The van der Waals surface area contributed by atoms with E-state index < -0.39 is 0 Å². The van der Waals surface area contributed by atoms with Crippen LogP contribution >= 0.6 is 11.8 Å². The molecule has 1 aliphatic heterocycles. The number of anilines is 1. The van der Waals surface area contributed by atoms with E-state index in [9.17, 15) is 4.79 Å². The van der Waals surface area contributed by atoms with Crippen LogP contribution < -0.4 is 11.1 Å². The van der Waals surface area contributed by atoms with Gasteiger partial charge >= 0.3 is 0 Å². The molecule has 1 heterocycles. The lowest BCUT2D eigenvalue weighted by molar-refractivity contribution is -0.128. The molecular weight excluding hydrogens is 258 g/mol.